The van der Waals surface area contributed by atoms with Crippen LogP contribution in [0.2, 0.25) is 0 Å². The molecule has 2 N–H and O–H groups in total. The summed E-state index contributed by atoms with van der Waals surface area (Å²) in [5, 5.41) is 3.38. The summed E-state index contributed by atoms with van der Waals surface area (Å²) >= 11 is 0. The highest BCUT2D eigenvalue weighted by atomic mass is 19.1. The average molecular weight is 276 g/mol. The van der Waals surface area contributed by atoms with Crippen LogP contribution in [-0.2, 0) is 6.42 Å². The molecule has 0 aliphatic heterocycles. The van der Waals surface area contributed by atoms with E-state index < -0.39 is 0 Å². The SMILES string of the molecule is Cc1[nH]c(CCCNC(C)C)nc1-c1ccc(F)cn1. The molecule has 0 spiro atoms. The predicted octanol–water partition coefficient (Wildman–Crippen LogP) is 2.85. The molecule has 0 aromatic carbocycles. The lowest BCUT2D eigenvalue weighted by atomic mass is 10.2. The van der Waals surface area contributed by atoms with Crippen molar-refractivity contribution >= 4 is 0 Å². The van der Waals surface area contributed by atoms with Crippen LogP contribution in [0.25, 0.3) is 11.4 Å². The van der Waals surface area contributed by atoms with Gasteiger partial charge >= 0.3 is 0 Å². The van der Waals surface area contributed by atoms with Crippen LogP contribution in [0.4, 0.5) is 4.39 Å². The number of aromatic nitrogens is 3. The van der Waals surface area contributed by atoms with Gasteiger partial charge in [0.1, 0.15) is 17.3 Å². The van der Waals surface area contributed by atoms with Crippen LogP contribution in [0, 0.1) is 12.7 Å². The third kappa shape index (κ3) is 3.87. The van der Waals surface area contributed by atoms with Crippen molar-refractivity contribution in [2.45, 2.75) is 39.7 Å². The Morgan fingerprint density at radius 3 is 2.80 bits per heavy atom. The van der Waals surface area contributed by atoms with Crippen molar-refractivity contribution in [1.82, 2.24) is 20.3 Å². The van der Waals surface area contributed by atoms with Crippen molar-refractivity contribution in [3.05, 3.63) is 35.7 Å². The first-order valence-electron chi connectivity index (χ1n) is 6.97. The van der Waals surface area contributed by atoms with E-state index in [1.807, 2.05) is 6.92 Å². The smallest absolute Gasteiger partial charge is 0.141 e. The average Bonchev–Trinajstić information content (AvgIpc) is 2.77. The fourth-order valence-corrected chi connectivity index (χ4v) is 2.05. The van der Waals surface area contributed by atoms with Gasteiger partial charge in [-0.05, 0) is 32.0 Å². The quantitative estimate of drug-likeness (QED) is 0.798. The maximum absolute atomic E-state index is 12.9. The van der Waals surface area contributed by atoms with E-state index in [2.05, 4.69) is 34.1 Å². The van der Waals surface area contributed by atoms with Crippen LogP contribution >= 0.6 is 0 Å². The van der Waals surface area contributed by atoms with Gasteiger partial charge in [-0.25, -0.2) is 9.37 Å². The van der Waals surface area contributed by atoms with Gasteiger partial charge in [0.2, 0.25) is 0 Å². The molecule has 0 aliphatic carbocycles. The second kappa shape index (κ2) is 6.61. The first-order valence-corrected chi connectivity index (χ1v) is 6.97. The lowest BCUT2D eigenvalue weighted by molar-refractivity contribution is 0.566. The van der Waals surface area contributed by atoms with Crippen LogP contribution < -0.4 is 5.32 Å². The summed E-state index contributed by atoms with van der Waals surface area (Å²) < 4.78 is 12.9. The Morgan fingerprint density at radius 2 is 2.15 bits per heavy atom. The number of pyridine rings is 1. The molecule has 5 heteroatoms. The monoisotopic (exact) mass is 276 g/mol. The maximum atomic E-state index is 12.9. The molecule has 0 radical (unpaired) electrons. The minimum atomic E-state index is -0.332. The highest BCUT2D eigenvalue weighted by molar-refractivity contribution is 5.56. The summed E-state index contributed by atoms with van der Waals surface area (Å²) in [5.41, 5.74) is 2.47. The number of aromatic amines is 1. The molecule has 0 fully saturated rings. The Balaban J connectivity index is 2.00. The van der Waals surface area contributed by atoms with Gasteiger partial charge in [-0.2, -0.15) is 0 Å². The molecule has 2 aromatic rings. The largest absolute Gasteiger partial charge is 0.346 e. The molecular weight excluding hydrogens is 255 g/mol. The van der Waals surface area contributed by atoms with E-state index >= 15 is 0 Å². The molecule has 2 aromatic heterocycles. The molecule has 0 aliphatic rings. The van der Waals surface area contributed by atoms with Crippen LogP contribution in [0.3, 0.4) is 0 Å². The van der Waals surface area contributed by atoms with Crippen molar-refractivity contribution in [2.75, 3.05) is 6.54 Å². The number of H-pyrrole nitrogens is 1. The number of nitrogens with one attached hydrogen (secondary N) is 2. The second-order valence-electron chi connectivity index (χ2n) is 5.23. The van der Waals surface area contributed by atoms with Gasteiger partial charge in [-0.1, -0.05) is 13.8 Å². The number of halogens is 1. The highest BCUT2D eigenvalue weighted by Gasteiger charge is 2.10. The Labute approximate surface area is 118 Å². The molecule has 4 nitrogen and oxygen atoms in total. The number of hydrogen-bond acceptors (Lipinski definition) is 3. The molecule has 0 amide bonds. The van der Waals surface area contributed by atoms with Gasteiger partial charge in [-0.15, -0.1) is 0 Å². The molecule has 0 saturated carbocycles. The zero-order valence-corrected chi connectivity index (χ0v) is 12.2. The summed E-state index contributed by atoms with van der Waals surface area (Å²) in [7, 11) is 0. The van der Waals surface area contributed by atoms with E-state index in [1.54, 1.807) is 6.07 Å². The fraction of sp³-hybridized carbons (Fsp3) is 0.467. The Kier molecular flexibility index (Phi) is 4.84. The molecular formula is C15H21FN4. The van der Waals surface area contributed by atoms with Crippen molar-refractivity contribution < 1.29 is 4.39 Å². The Hall–Kier alpha value is -1.75. The van der Waals surface area contributed by atoms with E-state index in [1.165, 1.54) is 12.3 Å². The van der Waals surface area contributed by atoms with Crippen molar-refractivity contribution in [2.24, 2.45) is 0 Å². The van der Waals surface area contributed by atoms with E-state index in [0.29, 0.717) is 11.7 Å². The first kappa shape index (κ1) is 14.7. The molecule has 0 atom stereocenters. The Morgan fingerprint density at radius 1 is 1.35 bits per heavy atom. The van der Waals surface area contributed by atoms with Gasteiger partial charge < -0.3 is 10.3 Å². The molecule has 0 bridgehead atoms. The maximum Gasteiger partial charge on any atom is 0.141 e. The van der Waals surface area contributed by atoms with Gasteiger partial charge in [0, 0.05) is 18.2 Å². The zero-order valence-electron chi connectivity index (χ0n) is 12.2. The number of aryl methyl sites for hydroxylation is 2. The summed E-state index contributed by atoms with van der Waals surface area (Å²) in [6.07, 6.45) is 3.14. The van der Waals surface area contributed by atoms with E-state index in [9.17, 15) is 4.39 Å². The topological polar surface area (TPSA) is 53.6 Å². The first-order chi connectivity index (χ1) is 9.56. The third-order valence-electron chi connectivity index (χ3n) is 3.05. The van der Waals surface area contributed by atoms with Crippen molar-refractivity contribution in [3.8, 4) is 11.4 Å². The van der Waals surface area contributed by atoms with Crippen LogP contribution in [0.15, 0.2) is 18.3 Å². The molecule has 0 saturated heterocycles. The standard InChI is InChI=1S/C15H21FN4/c1-10(2)17-8-4-5-14-19-11(3)15(20-14)13-7-6-12(16)9-18-13/h6-7,9-10,17H,4-5,8H2,1-3H3,(H,19,20). The van der Waals surface area contributed by atoms with Gasteiger partial charge in [0.05, 0.1) is 11.9 Å². The summed E-state index contributed by atoms with van der Waals surface area (Å²) in [5.74, 6) is 0.621. The van der Waals surface area contributed by atoms with Crippen LogP contribution in [0.1, 0.15) is 31.8 Å². The summed E-state index contributed by atoms with van der Waals surface area (Å²) in [6.45, 7) is 7.20. The second-order valence-corrected chi connectivity index (χ2v) is 5.23. The van der Waals surface area contributed by atoms with Crippen LogP contribution in [0.5, 0.6) is 0 Å². The number of hydrogen-bond donors (Lipinski definition) is 2. The number of rotatable bonds is 6. The zero-order chi connectivity index (χ0) is 14.5. The minimum absolute atomic E-state index is 0.332. The van der Waals surface area contributed by atoms with Crippen molar-refractivity contribution in [1.29, 1.82) is 0 Å². The van der Waals surface area contributed by atoms with Crippen molar-refractivity contribution in [3.63, 3.8) is 0 Å². The van der Waals surface area contributed by atoms with E-state index in [4.69, 9.17) is 0 Å². The van der Waals surface area contributed by atoms with Gasteiger partial charge in [0.15, 0.2) is 0 Å². The number of nitrogens with zero attached hydrogens (tertiary/aromatic N) is 2. The minimum Gasteiger partial charge on any atom is -0.346 e. The predicted molar refractivity (Wildman–Crippen MR) is 78.0 cm³/mol. The molecule has 20 heavy (non-hydrogen) atoms. The third-order valence-corrected chi connectivity index (χ3v) is 3.05. The van der Waals surface area contributed by atoms with E-state index in [-0.39, 0.29) is 5.82 Å². The summed E-state index contributed by atoms with van der Waals surface area (Å²) in [4.78, 5) is 11.9. The molecule has 2 rings (SSSR count). The summed E-state index contributed by atoms with van der Waals surface area (Å²) in [6, 6.07) is 3.57. The van der Waals surface area contributed by atoms with Crippen LogP contribution in [-0.4, -0.2) is 27.5 Å². The molecule has 108 valence electrons. The van der Waals surface area contributed by atoms with Gasteiger partial charge in [-0.3, -0.25) is 4.98 Å². The normalized spacial score (nSPS) is 11.2. The fourth-order valence-electron chi connectivity index (χ4n) is 2.05. The molecule has 2 heterocycles. The van der Waals surface area contributed by atoms with Gasteiger partial charge in [0.25, 0.3) is 0 Å². The number of imidazole rings is 1. The van der Waals surface area contributed by atoms with E-state index in [0.717, 1.165) is 36.6 Å². The Bertz CT molecular complexity index is 546. The highest BCUT2D eigenvalue weighted by Crippen LogP contribution is 2.19. The lowest BCUT2D eigenvalue weighted by Gasteiger charge is -2.06. The molecule has 0 unspecified atom stereocenters. The lowest BCUT2D eigenvalue weighted by Crippen LogP contribution is -2.24.